The van der Waals surface area contributed by atoms with E-state index in [1.807, 2.05) is 30.2 Å². The lowest BCUT2D eigenvalue weighted by Gasteiger charge is -2.36. The van der Waals surface area contributed by atoms with Crippen LogP contribution in [-0.4, -0.2) is 53.5 Å². The summed E-state index contributed by atoms with van der Waals surface area (Å²) in [6, 6.07) is 10.5. The van der Waals surface area contributed by atoms with Crippen molar-refractivity contribution in [1.29, 1.82) is 0 Å². The summed E-state index contributed by atoms with van der Waals surface area (Å²) in [5, 5.41) is 0. The van der Waals surface area contributed by atoms with Crippen molar-refractivity contribution >= 4 is 15.9 Å². The third-order valence-electron chi connectivity index (χ3n) is 6.40. The molecule has 33 heavy (non-hydrogen) atoms. The fraction of sp³-hybridized carbons (Fsp3) is 0.560. The zero-order chi connectivity index (χ0) is 23.8. The number of unbranched alkanes of at least 4 members (excludes halogenated alkanes) is 1. The predicted molar refractivity (Wildman–Crippen MR) is 129 cm³/mol. The molecule has 8 heteroatoms. The van der Waals surface area contributed by atoms with E-state index < -0.39 is 10.0 Å². The summed E-state index contributed by atoms with van der Waals surface area (Å²) in [6.07, 6.45) is 9.95. The Hall–Kier alpha value is -2.19. The van der Waals surface area contributed by atoms with Crippen LogP contribution in [0.5, 0.6) is 0 Å². The average molecular weight is 478 g/mol. The molecule has 182 valence electrons. The lowest BCUT2D eigenvalue weighted by Crippen LogP contribution is -2.47. The summed E-state index contributed by atoms with van der Waals surface area (Å²) < 4.78 is 41.3. The van der Waals surface area contributed by atoms with Crippen molar-refractivity contribution in [2.45, 2.75) is 71.0 Å². The molecule has 2 aromatic rings. The van der Waals surface area contributed by atoms with Gasteiger partial charge in [-0.05, 0) is 49.1 Å². The molecule has 0 radical (unpaired) electrons. The highest BCUT2D eigenvalue weighted by atomic mass is 32.2. The van der Waals surface area contributed by atoms with Crippen LogP contribution in [0.1, 0.15) is 63.1 Å². The van der Waals surface area contributed by atoms with Gasteiger partial charge in [0.2, 0.25) is 15.9 Å². The Balaban J connectivity index is 1.79. The van der Waals surface area contributed by atoms with Crippen LogP contribution >= 0.6 is 0 Å². The number of nitrogens with zero attached hydrogens (tertiary/aromatic N) is 3. The summed E-state index contributed by atoms with van der Waals surface area (Å²) >= 11 is 0. The molecule has 0 aliphatic heterocycles. The second-order valence-electron chi connectivity index (χ2n) is 9.02. The van der Waals surface area contributed by atoms with Crippen molar-refractivity contribution in [3.05, 3.63) is 59.7 Å². The van der Waals surface area contributed by atoms with Crippen molar-refractivity contribution in [2.75, 3.05) is 19.3 Å². The van der Waals surface area contributed by atoms with Gasteiger partial charge in [0, 0.05) is 31.0 Å². The van der Waals surface area contributed by atoms with Gasteiger partial charge >= 0.3 is 0 Å². The predicted octanol–water partition coefficient (Wildman–Crippen LogP) is 4.40. The van der Waals surface area contributed by atoms with Gasteiger partial charge in [0.05, 0.1) is 19.3 Å². The van der Waals surface area contributed by atoms with Gasteiger partial charge in [-0.25, -0.2) is 12.8 Å². The second kappa shape index (κ2) is 11.8. The highest BCUT2D eigenvalue weighted by Crippen LogP contribution is 2.25. The molecule has 1 heterocycles. The van der Waals surface area contributed by atoms with Crippen LogP contribution < -0.4 is 0 Å². The Bertz CT molecular complexity index is 998. The first kappa shape index (κ1) is 25.4. The SMILES string of the molecule is CCCCN(CC(=O)N(Cc1cccn1Cc1ccc(F)cc1)C1CCCCC1)S(C)(=O)=O. The van der Waals surface area contributed by atoms with Gasteiger partial charge in [0.1, 0.15) is 5.82 Å². The monoisotopic (exact) mass is 477 g/mol. The van der Waals surface area contributed by atoms with E-state index in [1.165, 1.54) is 29.1 Å². The van der Waals surface area contributed by atoms with Crippen LogP contribution in [0.25, 0.3) is 0 Å². The Kier molecular flexibility index (Phi) is 9.09. The number of hydrogen-bond donors (Lipinski definition) is 0. The lowest BCUT2D eigenvalue weighted by atomic mass is 9.94. The number of carbonyl (C=O) groups is 1. The Labute approximate surface area is 197 Å². The molecule has 1 fully saturated rings. The van der Waals surface area contributed by atoms with Crippen molar-refractivity contribution in [1.82, 2.24) is 13.8 Å². The maximum Gasteiger partial charge on any atom is 0.238 e. The number of rotatable bonds is 11. The Morgan fingerprint density at radius 2 is 1.82 bits per heavy atom. The number of sulfonamides is 1. The molecule has 0 atom stereocenters. The van der Waals surface area contributed by atoms with E-state index in [4.69, 9.17) is 0 Å². The summed E-state index contributed by atoms with van der Waals surface area (Å²) in [4.78, 5) is 15.4. The molecule has 1 aliphatic carbocycles. The van der Waals surface area contributed by atoms with E-state index in [2.05, 4.69) is 4.57 Å². The molecule has 3 rings (SSSR count). The first-order valence-electron chi connectivity index (χ1n) is 11.9. The molecule has 0 N–H and O–H groups in total. The standard InChI is InChI=1S/C25H36FN3O3S/c1-3-4-17-28(33(2,31)32)20-25(30)29(23-9-6-5-7-10-23)19-24-11-8-16-27(24)18-21-12-14-22(26)15-13-21/h8,11-16,23H,3-7,9-10,17-20H2,1-2H3. The molecule has 1 aromatic heterocycles. The number of amides is 1. The van der Waals surface area contributed by atoms with E-state index in [-0.39, 0.29) is 24.3 Å². The molecular formula is C25H36FN3O3S. The van der Waals surface area contributed by atoms with Crippen molar-refractivity contribution in [2.24, 2.45) is 0 Å². The van der Waals surface area contributed by atoms with Crippen molar-refractivity contribution in [3.8, 4) is 0 Å². The van der Waals surface area contributed by atoms with Crippen LogP contribution in [0.3, 0.4) is 0 Å². The van der Waals surface area contributed by atoms with Crippen molar-refractivity contribution in [3.63, 3.8) is 0 Å². The molecule has 1 aromatic carbocycles. The van der Waals surface area contributed by atoms with Gasteiger partial charge in [0.15, 0.2) is 0 Å². The van der Waals surface area contributed by atoms with Gasteiger partial charge in [-0.1, -0.05) is 44.7 Å². The summed E-state index contributed by atoms with van der Waals surface area (Å²) in [7, 11) is -3.46. The fourth-order valence-corrected chi connectivity index (χ4v) is 5.27. The molecule has 0 bridgehead atoms. The first-order chi connectivity index (χ1) is 15.8. The maximum absolute atomic E-state index is 13.5. The van der Waals surface area contributed by atoms with E-state index in [1.54, 1.807) is 12.1 Å². The largest absolute Gasteiger partial charge is 0.345 e. The van der Waals surface area contributed by atoms with Gasteiger partial charge < -0.3 is 9.47 Å². The zero-order valence-corrected chi connectivity index (χ0v) is 20.6. The minimum absolute atomic E-state index is 0.117. The van der Waals surface area contributed by atoms with Crippen LogP contribution in [0.15, 0.2) is 42.6 Å². The molecule has 1 saturated carbocycles. The summed E-state index contributed by atoms with van der Waals surface area (Å²) in [5.74, 6) is -0.406. The molecule has 1 aliphatic rings. The maximum atomic E-state index is 13.5. The van der Waals surface area contributed by atoms with Gasteiger partial charge in [0.25, 0.3) is 0 Å². The number of carbonyl (C=O) groups excluding carboxylic acids is 1. The number of aromatic nitrogens is 1. The topological polar surface area (TPSA) is 62.6 Å². The molecule has 6 nitrogen and oxygen atoms in total. The minimum atomic E-state index is -3.46. The number of benzene rings is 1. The lowest BCUT2D eigenvalue weighted by molar-refractivity contribution is -0.135. The summed E-state index contributed by atoms with van der Waals surface area (Å²) in [6.45, 7) is 3.27. The second-order valence-corrected chi connectivity index (χ2v) is 11.0. The zero-order valence-electron chi connectivity index (χ0n) is 19.7. The first-order valence-corrected chi connectivity index (χ1v) is 13.8. The average Bonchev–Trinajstić information content (AvgIpc) is 3.22. The van der Waals surface area contributed by atoms with Gasteiger partial charge in [-0.15, -0.1) is 0 Å². The van der Waals surface area contributed by atoms with Crippen molar-refractivity contribution < 1.29 is 17.6 Å². The molecule has 1 amide bonds. The third-order valence-corrected chi connectivity index (χ3v) is 7.65. The highest BCUT2D eigenvalue weighted by Gasteiger charge is 2.29. The molecular weight excluding hydrogens is 441 g/mol. The van der Waals surface area contributed by atoms with Crippen LogP contribution in [-0.2, 0) is 27.9 Å². The quantitative estimate of drug-likeness (QED) is 0.482. The van der Waals surface area contributed by atoms with E-state index >= 15 is 0 Å². The highest BCUT2D eigenvalue weighted by molar-refractivity contribution is 7.88. The van der Waals surface area contributed by atoms with Crippen LogP contribution in [0, 0.1) is 5.82 Å². The van der Waals surface area contributed by atoms with E-state index in [9.17, 15) is 17.6 Å². The van der Waals surface area contributed by atoms with E-state index in [0.717, 1.165) is 49.8 Å². The number of hydrogen-bond acceptors (Lipinski definition) is 3. The normalized spacial score (nSPS) is 15.2. The molecule has 0 saturated heterocycles. The minimum Gasteiger partial charge on any atom is -0.345 e. The van der Waals surface area contributed by atoms with E-state index in [0.29, 0.717) is 19.6 Å². The van der Waals surface area contributed by atoms with Crippen LogP contribution in [0.2, 0.25) is 0 Å². The van der Waals surface area contributed by atoms with Gasteiger partial charge in [-0.3, -0.25) is 4.79 Å². The number of halogens is 1. The Morgan fingerprint density at radius 1 is 1.12 bits per heavy atom. The molecule has 0 spiro atoms. The smallest absolute Gasteiger partial charge is 0.238 e. The third kappa shape index (κ3) is 7.40. The molecule has 0 unspecified atom stereocenters. The fourth-order valence-electron chi connectivity index (χ4n) is 4.46. The Morgan fingerprint density at radius 3 is 2.45 bits per heavy atom. The summed E-state index contributed by atoms with van der Waals surface area (Å²) in [5.41, 5.74) is 1.96. The van der Waals surface area contributed by atoms with Crippen LogP contribution in [0.4, 0.5) is 4.39 Å². The van der Waals surface area contributed by atoms with Gasteiger partial charge in [-0.2, -0.15) is 4.31 Å².